The highest BCUT2D eigenvalue weighted by atomic mass is 19.1. The topological polar surface area (TPSA) is 130 Å². The molecule has 2 heterocycles. The maximum Gasteiger partial charge on any atom is 0.257 e. The van der Waals surface area contributed by atoms with E-state index in [9.17, 15) is 9.18 Å². The number of fused-ring (bicyclic) bond motifs is 1. The molecule has 9 heteroatoms. The van der Waals surface area contributed by atoms with E-state index in [0.717, 1.165) is 5.56 Å². The lowest BCUT2D eigenvalue weighted by Gasteiger charge is -2.26. The Morgan fingerprint density at radius 3 is 2.57 bits per heavy atom. The molecule has 1 atom stereocenters. The summed E-state index contributed by atoms with van der Waals surface area (Å²) in [5.41, 5.74) is 15.6. The number of carbonyl (C=O) groups excluding carboxylic acids is 1. The molecular weight excluding hydrogens is 387 g/mol. The van der Waals surface area contributed by atoms with Crippen molar-refractivity contribution < 1.29 is 13.9 Å². The number of ether oxygens (including phenoxy) is 1. The van der Waals surface area contributed by atoms with Crippen molar-refractivity contribution in [3.63, 3.8) is 0 Å². The monoisotopic (exact) mass is 408 g/mol. The molecule has 1 aliphatic rings. The number of halogens is 1. The number of Topliss-reactive ketones (excluding diaryl/α,β-unsaturated/α-hetero) is 1. The van der Waals surface area contributed by atoms with Crippen molar-refractivity contribution in [2.24, 2.45) is 0 Å². The Hall–Kier alpha value is -3.62. The minimum absolute atomic E-state index is 0.0632. The Morgan fingerprint density at radius 2 is 1.83 bits per heavy atom. The van der Waals surface area contributed by atoms with E-state index in [4.69, 9.17) is 16.2 Å². The third-order valence-electron chi connectivity index (χ3n) is 5.30. The van der Waals surface area contributed by atoms with Crippen LogP contribution in [0.5, 0.6) is 5.88 Å². The molecule has 1 aromatic carbocycles. The van der Waals surface area contributed by atoms with Crippen molar-refractivity contribution >= 4 is 17.5 Å². The lowest BCUT2D eigenvalue weighted by Crippen LogP contribution is -2.23. The molecule has 30 heavy (non-hydrogen) atoms. The molecule has 8 nitrogen and oxygen atoms in total. The summed E-state index contributed by atoms with van der Waals surface area (Å²) in [4.78, 5) is 30.0. The van der Waals surface area contributed by atoms with Crippen LogP contribution < -0.4 is 16.2 Å². The SMILES string of the molecule is COc1nc(-c2cc(F)ccc2[C@@H]2CC(=O)c3c(C)nc(N)nc3C2)c(C)nc1N. The fourth-order valence-corrected chi connectivity index (χ4v) is 4.03. The van der Waals surface area contributed by atoms with Crippen LogP contribution in [0.15, 0.2) is 18.2 Å². The van der Waals surface area contributed by atoms with E-state index in [0.29, 0.717) is 40.3 Å². The van der Waals surface area contributed by atoms with Crippen LogP contribution in [0.2, 0.25) is 0 Å². The maximum absolute atomic E-state index is 14.2. The number of anilines is 2. The summed E-state index contributed by atoms with van der Waals surface area (Å²) in [7, 11) is 1.44. The van der Waals surface area contributed by atoms with Crippen LogP contribution in [-0.4, -0.2) is 32.8 Å². The van der Waals surface area contributed by atoms with Crippen molar-refractivity contribution in [1.29, 1.82) is 0 Å². The first kappa shape index (κ1) is 19.7. The zero-order valence-electron chi connectivity index (χ0n) is 16.9. The van der Waals surface area contributed by atoms with Crippen LogP contribution in [0.3, 0.4) is 0 Å². The summed E-state index contributed by atoms with van der Waals surface area (Å²) in [5, 5.41) is 0. The number of methoxy groups -OCH3 is 1. The molecule has 0 aliphatic heterocycles. The van der Waals surface area contributed by atoms with Gasteiger partial charge in [-0.15, -0.1) is 0 Å². The minimum atomic E-state index is -0.421. The van der Waals surface area contributed by atoms with Crippen molar-refractivity contribution in [3.05, 3.63) is 52.2 Å². The predicted molar refractivity (Wildman–Crippen MR) is 110 cm³/mol. The predicted octanol–water partition coefficient (Wildman–Crippen LogP) is 2.78. The molecule has 0 fully saturated rings. The van der Waals surface area contributed by atoms with Gasteiger partial charge in [0.1, 0.15) is 5.82 Å². The Balaban J connectivity index is 1.85. The highest BCUT2D eigenvalue weighted by molar-refractivity contribution is 6.00. The number of aromatic nitrogens is 4. The van der Waals surface area contributed by atoms with E-state index in [1.807, 2.05) is 0 Å². The second-order valence-corrected chi connectivity index (χ2v) is 7.30. The Labute approximate surface area is 172 Å². The molecule has 0 radical (unpaired) electrons. The van der Waals surface area contributed by atoms with Gasteiger partial charge in [0.2, 0.25) is 5.95 Å². The number of aryl methyl sites for hydroxylation is 2. The molecule has 0 saturated carbocycles. The first-order chi connectivity index (χ1) is 14.3. The Bertz CT molecular complexity index is 1180. The molecule has 154 valence electrons. The number of nitrogens with zero attached hydrogens (tertiary/aromatic N) is 4. The molecule has 0 amide bonds. The van der Waals surface area contributed by atoms with Gasteiger partial charge in [-0.25, -0.2) is 24.3 Å². The molecule has 0 bridgehead atoms. The van der Waals surface area contributed by atoms with Crippen molar-refractivity contribution in [2.75, 3.05) is 18.6 Å². The van der Waals surface area contributed by atoms with Crippen LogP contribution in [0.25, 0.3) is 11.3 Å². The molecule has 0 spiro atoms. The van der Waals surface area contributed by atoms with Crippen LogP contribution in [0.1, 0.15) is 45.3 Å². The van der Waals surface area contributed by atoms with Crippen LogP contribution >= 0.6 is 0 Å². The summed E-state index contributed by atoms with van der Waals surface area (Å²) in [6, 6.07) is 4.44. The van der Waals surface area contributed by atoms with Gasteiger partial charge in [-0.1, -0.05) is 6.07 Å². The van der Waals surface area contributed by atoms with Gasteiger partial charge in [-0.05, 0) is 43.9 Å². The molecular formula is C21H21FN6O2. The smallest absolute Gasteiger partial charge is 0.257 e. The average Bonchev–Trinajstić information content (AvgIpc) is 2.67. The average molecular weight is 408 g/mol. The maximum atomic E-state index is 14.2. The van der Waals surface area contributed by atoms with Gasteiger partial charge >= 0.3 is 0 Å². The molecule has 0 unspecified atom stereocenters. The quantitative estimate of drug-likeness (QED) is 0.677. The second kappa shape index (κ2) is 7.33. The number of rotatable bonds is 3. The van der Waals surface area contributed by atoms with Gasteiger partial charge in [0.05, 0.1) is 35.4 Å². The van der Waals surface area contributed by atoms with E-state index in [2.05, 4.69) is 19.9 Å². The van der Waals surface area contributed by atoms with Gasteiger partial charge < -0.3 is 16.2 Å². The molecule has 3 aromatic rings. The Morgan fingerprint density at radius 1 is 1.07 bits per heavy atom. The standard InChI is InChI=1S/C21H21FN6O2/c1-9-17-15(27-21(24)26-9)6-11(7-16(17)29)13-5-4-12(22)8-14(13)18-10(2)25-19(23)20(28-18)30-3/h4-5,8,11H,6-7H2,1-3H3,(H2,23,25)(H2,24,26,27)/t11-/m0/s1. The van der Waals surface area contributed by atoms with Crippen LogP contribution in [0.4, 0.5) is 16.2 Å². The fourth-order valence-electron chi connectivity index (χ4n) is 4.03. The zero-order chi connectivity index (χ0) is 21.6. The molecule has 4 N–H and O–H groups in total. The molecule has 0 saturated heterocycles. The van der Waals surface area contributed by atoms with Gasteiger partial charge in [0, 0.05) is 12.0 Å². The van der Waals surface area contributed by atoms with Crippen molar-refractivity contribution in [2.45, 2.75) is 32.6 Å². The first-order valence-corrected chi connectivity index (χ1v) is 9.42. The number of nitrogens with two attached hydrogens (primary N) is 2. The number of ketones is 1. The molecule has 2 aromatic heterocycles. The molecule has 1 aliphatic carbocycles. The van der Waals surface area contributed by atoms with Crippen LogP contribution in [0, 0.1) is 19.7 Å². The van der Waals surface area contributed by atoms with Crippen LogP contribution in [-0.2, 0) is 6.42 Å². The number of benzene rings is 1. The summed E-state index contributed by atoms with van der Waals surface area (Å²) < 4.78 is 19.4. The normalized spacial score (nSPS) is 15.7. The lowest BCUT2D eigenvalue weighted by atomic mass is 9.79. The van der Waals surface area contributed by atoms with Crippen molar-refractivity contribution in [3.8, 4) is 17.1 Å². The number of nitrogen functional groups attached to an aromatic ring is 2. The third kappa shape index (κ3) is 3.32. The zero-order valence-corrected chi connectivity index (χ0v) is 16.9. The number of hydrogen-bond acceptors (Lipinski definition) is 8. The second-order valence-electron chi connectivity index (χ2n) is 7.30. The summed E-state index contributed by atoms with van der Waals surface area (Å²) >= 11 is 0. The van der Waals surface area contributed by atoms with Gasteiger partial charge in [-0.2, -0.15) is 0 Å². The highest BCUT2D eigenvalue weighted by Crippen LogP contribution is 2.39. The van der Waals surface area contributed by atoms with E-state index in [-0.39, 0.29) is 35.8 Å². The van der Waals surface area contributed by atoms with Gasteiger partial charge in [-0.3, -0.25) is 4.79 Å². The van der Waals surface area contributed by atoms with E-state index in [1.54, 1.807) is 19.9 Å². The lowest BCUT2D eigenvalue weighted by molar-refractivity contribution is 0.0962. The molecule has 4 rings (SSSR count). The van der Waals surface area contributed by atoms with E-state index < -0.39 is 5.82 Å². The van der Waals surface area contributed by atoms with E-state index >= 15 is 0 Å². The largest absolute Gasteiger partial charge is 0.478 e. The number of carbonyl (C=O) groups is 1. The highest BCUT2D eigenvalue weighted by Gasteiger charge is 2.31. The fraction of sp³-hybridized carbons (Fsp3) is 0.286. The minimum Gasteiger partial charge on any atom is -0.478 e. The first-order valence-electron chi connectivity index (χ1n) is 9.42. The Kier molecular flexibility index (Phi) is 4.81. The van der Waals surface area contributed by atoms with Gasteiger partial charge in [0.15, 0.2) is 11.6 Å². The van der Waals surface area contributed by atoms with Crippen molar-refractivity contribution in [1.82, 2.24) is 19.9 Å². The van der Waals surface area contributed by atoms with Gasteiger partial charge in [0.25, 0.3) is 5.88 Å². The summed E-state index contributed by atoms with van der Waals surface area (Å²) in [5.74, 6) is -0.265. The number of hydrogen-bond donors (Lipinski definition) is 2. The van der Waals surface area contributed by atoms with E-state index in [1.165, 1.54) is 19.2 Å². The third-order valence-corrected chi connectivity index (χ3v) is 5.30. The summed E-state index contributed by atoms with van der Waals surface area (Å²) in [6.45, 7) is 3.49. The summed E-state index contributed by atoms with van der Waals surface area (Å²) in [6.07, 6.45) is 0.726.